The molecule has 0 N–H and O–H groups in total. The first-order chi connectivity index (χ1) is 14.7. The summed E-state index contributed by atoms with van der Waals surface area (Å²) in [6.45, 7) is 3.61. The van der Waals surface area contributed by atoms with Gasteiger partial charge in [0, 0.05) is 56.7 Å². The van der Waals surface area contributed by atoms with Crippen molar-refractivity contribution in [1.82, 2.24) is 9.88 Å². The number of ether oxygens (including phenoxy) is 2. The first kappa shape index (κ1) is 20.9. The molecule has 1 aromatic carbocycles. The van der Waals surface area contributed by atoms with Crippen molar-refractivity contribution in [2.75, 3.05) is 32.9 Å². The first-order valence-electron chi connectivity index (χ1n) is 10.8. The fourth-order valence-electron chi connectivity index (χ4n) is 4.42. The maximum absolute atomic E-state index is 13.5. The van der Waals surface area contributed by atoms with E-state index in [4.69, 9.17) is 9.47 Å². The number of amides is 1. The second-order valence-corrected chi connectivity index (χ2v) is 8.28. The van der Waals surface area contributed by atoms with Crippen LogP contribution in [0.4, 0.5) is 4.39 Å². The Morgan fingerprint density at radius 3 is 2.73 bits per heavy atom. The Hall–Kier alpha value is -2.31. The summed E-state index contributed by atoms with van der Waals surface area (Å²) in [5.41, 5.74) is 1.59. The first-order valence-corrected chi connectivity index (χ1v) is 10.8. The van der Waals surface area contributed by atoms with Gasteiger partial charge in [-0.1, -0.05) is 30.3 Å². The van der Waals surface area contributed by atoms with Gasteiger partial charge in [-0.2, -0.15) is 4.39 Å². The van der Waals surface area contributed by atoms with Crippen molar-refractivity contribution < 1.29 is 18.7 Å². The minimum Gasteiger partial charge on any atom is -0.381 e. The second-order valence-electron chi connectivity index (χ2n) is 8.28. The third-order valence-corrected chi connectivity index (χ3v) is 6.15. The van der Waals surface area contributed by atoms with Gasteiger partial charge in [0.15, 0.2) is 0 Å². The molecule has 6 heteroatoms. The van der Waals surface area contributed by atoms with Crippen LogP contribution in [0.15, 0.2) is 48.7 Å². The molecule has 0 bridgehead atoms. The number of hydrogen-bond donors (Lipinski definition) is 0. The van der Waals surface area contributed by atoms with Gasteiger partial charge in [-0.25, -0.2) is 4.98 Å². The summed E-state index contributed by atoms with van der Waals surface area (Å²) in [5, 5.41) is 0. The van der Waals surface area contributed by atoms with Crippen LogP contribution in [0.5, 0.6) is 0 Å². The van der Waals surface area contributed by atoms with Gasteiger partial charge >= 0.3 is 0 Å². The number of piperidine rings is 1. The number of hydrogen-bond acceptors (Lipinski definition) is 4. The van der Waals surface area contributed by atoms with Crippen LogP contribution in [0.3, 0.4) is 0 Å². The SMILES string of the molecule is O=C(c1ccnc(F)c1)N1CC[C@@H](OCC2CCOCC2)[C@H](Cc2ccccc2)C1. The molecule has 1 amide bonds. The number of likely N-dealkylation sites (tertiary alicyclic amines) is 1. The van der Waals surface area contributed by atoms with Crippen molar-refractivity contribution >= 4 is 5.91 Å². The highest BCUT2D eigenvalue weighted by Crippen LogP contribution is 2.27. The van der Waals surface area contributed by atoms with E-state index in [1.165, 1.54) is 17.8 Å². The summed E-state index contributed by atoms with van der Waals surface area (Å²) in [6.07, 6.45) is 5.20. The Kier molecular flexibility index (Phi) is 7.07. The molecule has 3 heterocycles. The van der Waals surface area contributed by atoms with Crippen LogP contribution in [-0.4, -0.2) is 54.8 Å². The van der Waals surface area contributed by atoms with E-state index >= 15 is 0 Å². The molecule has 2 aromatic rings. The Morgan fingerprint density at radius 2 is 1.97 bits per heavy atom. The van der Waals surface area contributed by atoms with Crippen LogP contribution in [0.1, 0.15) is 35.2 Å². The lowest BCUT2D eigenvalue weighted by Gasteiger charge is -2.39. The van der Waals surface area contributed by atoms with Crippen LogP contribution in [0, 0.1) is 17.8 Å². The monoisotopic (exact) mass is 412 g/mol. The summed E-state index contributed by atoms with van der Waals surface area (Å²) in [7, 11) is 0. The van der Waals surface area contributed by atoms with Crippen molar-refractivity contribution in [3.63, 3.8) is 0 Å². The molecule has 2 atom stereocenters. The van der Waals surface area contributed by atoms with E-state index < -0.39 is 5.95 Å². The van der Waals surface area contributed by atoms with Gasteiger partial charge in [0.1, 0.15) is 0 Å². The molecule has 0 radical (unpaired) electrons. The Bertz CT molecular complexity index is 826. The molecule has 160 valence electrons. The number of aromatic nitrogens is 1. The standard InChI is InChI=1S/C24H29FN2O3/c25-23-15-20(6-10-26-23)24(28)27-11-7-22(30-17-19-8-12-29-13-9-19)21(16-27)14-18-4-2-1-3-5-18/h1-6,10,15,19,21-22H,7-9,11-14,16-17H2/t21-,22-/m1/s1. The summed E-state index contributed by atoms with van der Waals surface area (Å²) in [4.78, 5) is 18.3. The molecule has 2 fully saturated rings. The van der Waals surface area contributed by atoms with Gasteiger partial charge in [0.25, 0.3) is 5.91 Å². The van der Waals surface area contributed by atoms with Crippen LogP contribution in [-0.2, 0) is 15.9 Å². The molecular formula is C24H29FN2O3. The van der Waals surface area contributed by atoms with Crippen molar-refractivity contribution in [1.29, 1.82) is 0 Å². The van der Waals surface area contributed by atoms with Crippen molar-refractivity contribution in [2.24, 2.45) is 11.8 Å². The van der Waals surface area contributed by atoms with Crippen molar-refractivity contribution in [3.05, 3.63) is 65.7 Å². The van der Waals surface area contributed by atoms with Gasteiger partial charge in [-0.15, -0.1) is 0 Å². The molecule has 4 rings (SSSR count). The number of halogens is 1. The predicted octanol–water partition coefficient (Wildman–Crippen LogP) is 3.74. The predicted molar refractivity (Wildman–Crippen MR) is 112 cm³/mol. The minimum absolute atomic E-state index is 0.117. The molecule has 0 saturated carbocycles. The number of benzene rings is 1. The van der Waals surface area contributed by atoms with Crippen LogP contribution >= 0.6 is 0 Å². The highest BCUT2D eigenvalue weighted by molar-refractivity contribution is 5.94. The summed E-state index contributed by atoms with van der Waals surface area (Å²) in [6, 6.07) is 13.1. The smallest absolute Gasteiger partial charge is 0.254 e. The third-order valence-electron chi connectivity index (χ3n) is 6.15. The van der Waals surface area contributed by atoms with Gasteiger partial charge in [-0.3, -0.25) is 4.79 Å². The van der Waals surface area contributed by atoms with E-state index in [1.807, 2.05) is 23.1 Å². The average Bonchev–Trinajstić information content (AvgIpc) is 2.79. The second kappa shape index (κ2) is 10.1. The molecule has 0 spiro atoms. The highest BCUT2D eigenvalue weighted by atomic mass is 19.1. The van der Waals surface area contributed by atoms with Crippen molar-refractivity contribution in [3.8, 4) is 0 Å². The van der Waals surface area contributed by atoms with E-state index in [0.29, 0.717) is 24.6 Å². The maximum atomic E-state index is 13.5. The fraction of sp³-hybridized carbons (Fsp3) is 0.500. The summed E-state index contributed by atoms with van der Waals surface area (Å²) >= 11 is 0. The lowest BCUT2D eigenvalue weighted by Crippen LogP contribution is -2.48. The van der Waals surface area contributed by atoms with E-state index in [1.54, 1.807) is 6.07 Å². The molecule has 1 aromatic heterocycles. The number of nitrogens with zero attached hydrogens (tertiary/aromatic N) is 2. The Morgan fingerprint density at radius 1 is 1.17 bits per heavy atom. The third kappa shape index (κ3) is 5.43. The topological polar surface area (TPSA) is 51.7 Å². The average molecular weight is 413 g/mol. The number of rotatable bonds is 6. The van der Waals surface area contributed by atoms with E-state index in [0.717, 1.165) is 45.5 Å². The molecule has 30 heavy (non-hydrogen) atoms. The Labute approximate surface area is 177 Å². The van der Waals surface area contributed by atoms with Crippen molar-refractivity contribution in [2.45, 2.75) is 31.8 Å². The summed E-state index contributed by atoms with van der Waals surface area (Å²) < 4.78 is 25.3. The summed E-state index contributed by atoms with van der Waals surface area (Å²) in [5.74, 6) is -0.0131. The van der Waals surface area contributed by atoms with Gasteiger partial charge in [-0.05, 0) is 43.2 Å². The van der Waals surface area contributed by atoms with Gasteiger partial charge in [0.05, 0.1) is 6.10 Å². The quantitative estimate of drug-likeness (QED) is 0.679. The van der Waals surface area contributed by atoms with Crippen LogP contribution < -0.4 is 0 Å². The molecule has 0 aliphatic carbocycles. The zero-order chi connectivity index (χ0) is 20.8. The largest absolute Gasteiger partial charge is 0.381 e. The molecular weight excluding hydrogens is 383 g/mol. The van der Waals surface area contributed by atoms with Crippen LogP contribution in [0.25, 0.3) is 0 Å². The normalized spacial score (nSPS) is 22.8. The van der Waals surface area contributed by atoms with Crippen LogP contribution in [0.2, 0.25) is 0 Å². The lowest BCUT2D eigenvalue weighted by molar-refractivity contribution is -0.0566. The molecule has 2 aliphatic heterocycles. The van der Waals surface area contributed by atoms with Gasteiger partial charge in [0.2, 0.25) is 5.95 Å². The Balaban J connectivity index is 1.44. The van der Waals surface area contributed by atoms with Gasteiger partial charge < -0.3 is 14.4 Å². The highest BCUT2D eigenvalue weighted by Gasteiger charge is 2.33. The maximum Gasteiger partial charge on any atom is 0.254 e. The zero-order valence-electron chi connectivity index (χ0n) is 17.2. The van der Waals surface area contributed by atoms with E-state index in [-0.39, 0.29) is 17.9 Å². The number of carbonyl (C=O) groups excluding carboxylic acids is 1. The van der Waals surface area contributed by atoms with E-state index in [2.05, 4.69) is 17.1 Å². The van der Waals surface area contributed by atoms with E-state index in [9.17, 15) is 9.18 Å². The lowest BCUT2D eigenvalue weighted by atomic mass is 9.88. The zero-order valence-corrected chi connectivity index (χ0v) is 17.2. The number of carbonyl (C=O) groups is 1. The molecule has 5 nitrogen and oxygen atoms in total. The fourth-order valence-corrected chi connectivity index (χ4v) is 4.42. The molecule has 2 aliphatic rings. The number of pyridine rings is 1. The molecule has 0 unspecified atom stereocenters. The molecule has 2 saturated heterocycles. The minimum atomic E-state index is -0.628.